The number of pyridine rings is 1. The molecule has 0 spiro atoms. The van der Waals surface area contributed by atoms with Gasteiger partial charge in [0, 0.05) is 5.69 Å². The number of nitrogens with one attached hydrogen (secondary N) is 1. The molecule has 2 aromatic rings. The molecule has 0 aliphatic carbocycles. The third-order valence-corrected chi connectivity index (χ3v) is 5.47. The van der Waals surface area contributed by atoms with Crippen molar-refractivity contribution in [3.05, 3.63) is 40.3 Å². The van der Waals surface area contributed by atoms with Crippen molar-refractivity contribution < 1.29 is 13.2 Å². The zero-order valence-electron chi connectivity index (χ0n) is 11.2. The summed E-state index contributed by atoms with van der Waals surface area (Å²) in [6.07, 6.45) is 0. The minimum atomic E-state index is -3.91. The van der Waals surface area contributed by atoms with Crippen LogP contribution in [0.3, 0.4) is 0 Å². The van der Waals surface area contributed by atoms with Crippen LogP contribution in [0.4, 0.5) is 0 Å². The molecule has 2 rings (SSSR count). The average Bonchev–Trinajstić information content (AvgIpc) is 2.69. The van der Waals surface area contributed by atoms with Crippen LogP contribution in [0.2, 0.25) is 0 Å². The number of rotatable bonds is 3. The minimum absolute atomic E-state index is 0.0519. The Morgan fingerprint density at radius 1 is 1.20 bits per heavy atom. The Labute approximate surface area is 121 Å². The van der Waals surface area contributed by atoms with Crippen LogP contribution in [-0.4, -0.2) is 24.3 Å². The van der Waals surface area contributed by atoms with Gasteiger partial charge in [0.2, 0.25) is 0 Å². The third-order valence-electron chi connectivity index (χ3n) is 2.45. The second-order valence-corrected chi connectivity index (χ2v) is 7.29. The van der Waals surface area contributed by atoms with E-state index in [1.54, 1.807) is 32.9 Å². The molecule has 2 aromatic heterocycles. The predicted molar refractivity (Wildman–Crippen MR) is 75.2 cm³/mol. The van der Waals surface area contributed by atoms with Crippen molar-refractivity contribution in [2.45, 2.75) is 25.0 Å². The summed E-state index contributed by atoms with van der Waals surface area (Å²) in [5.41, 5.74) is 1.08. The molecule has 0 unspecified atom stereocenters. The van der Waals surface area contributed by atoms with Crippen molar-refractivity contribution in [3.63, 3.8) is 0 Å². The highest BCUT2D eigenvalue weighted by molar-refractivity contribution is 7.92. The largest absolute Gasteiger partial charge is 0.283 e. The molecule has 2 heterocycles. The Morgan fingerprint density at radius 3 is 2.45 bits per heavy atom. The van der Waals surface area contributed by atoms with E-state index in [4.69, 9.17) is 0 Å². The molecule has 0 atom stereocenters. The van der Waals surface area contributed by atoms with E-state index in [2.05, 4.69) is 9.97 Å². The van der Waals surface area contributed by atoms with E-state index >= 15 is 0 Å². The number of carbonyl (C=O) groups is 1. The van der Waals surface area contributed by atoms with Crippen molar-refractivity contribution in [1.82, 2.24) is 14.7 Å². The van der Waals surface area contributed by atoms with E-state index in [9.17, 15) is 13.2 Å². The summed E-state index contributed by atoms with van der Waals surface area (Å²) in [5, 5.41) is 0.629. The van der Waals surface area contributed by atoms with Gasteiger partial charge in [0.05, 0.1) is 10.7 Å². The van der Waals surface area contributed by atoms with Crippen molar-refractivity contribution in [3.8, 4) is 0 Å². The molecule has 6 nitrogen and oxygen atoms in total. The predicted octanol–water partition coefficient (Wildman–Crippen LogP) is 1.58. The normalized spacial score (nSPS) is 11.3. The Balaban J connectivity index is 2.29. The number of hydrogen-bond donors (Lipinski definition) is 1. The maximum absolute atomic E-state index is 12.1. The van der Waals surface area contributed by atoms with Gasteiger partial charge in [-0.15, -0.1) is 11.3 Å². The topological polar surface area (TPSA) is 89.0 Å². The van der Waals surface area contributed by atoms with Gasteiger partial charge < -0.3 is 0 Å². The quantitative estimate of drug-likeness (QED) is 0.929. The molecule has 0 aliphatic heterocycles. The van der Waals surface area contributed by atoms with Crippen LogP contribution in [0.25, 0.3) is 0 Å². The Morgan fingerprint density at radius 2 is 1.90 bits per heavy atom. The van der Waals surface area contributed by atoms with Crippen LogP contribution in [0.1, 0.15) is 26.9 Å². The second-order valence-electron chi connectivity index (χ2n) is 4.20. The summed E-state index contributed by atoms with van der Waals surface area (Å²) in [5.74, 6) is -0.751. The summed E-state index contributed by atoms with van der Waals surface area (Å²) in [4.78, 5) is 20.0. The SMILES string of the molecule is Cc1cccc(C(=O)NS(=O)(=O)c2sc(C)nc2C)n1. The highest BCUT2D eigenvalue weighted by atomic mass is 32.2. The third kappa shape index (κ3) is 3.02. The molecule has 1 amide bonds. The monoisotopic (exact) mass is 311 g/mol. The second kappa shape index (κ2) is 5.29. The lowest BCUT2D eigenvalue weighted by Gasteiger charge is -2.05. The van der Waals surface area contributed by atoms with Gasteiger partial charge in [0.15, 0.2) is 4.21 Å². The molecule has 1 N–H and O–H groups in total. The molecule has 106 valence electrons. The first-order chi connectivity index (χ1) is 9.29. The van der Waals surface area contributed by atoms with Gasteiger partial charge in [0.1, 0.15) is 5.69 Å². The van der Waals surface area contributed by atoms with Crippen LogP contribution in [0.15, 0.2) is 22.4 Å². The average molecular weight is 311 g/mol. The molecule has 8 heteroatoms. The molecule has 0 radical (unpaired) electrons. The van der Waals surface area contributed by atoms with E-state index in [0.717, 1.165) is 11.3 Å². The zero-order chi connectivity index (χ0) is 14.9. The molecular weight excluding hydrogens is 298 g/mol. The van der Waals surface area contributed by atoms with Gasteiger partial charge in [-0.25, -0.2) is 23.1 Å². The highest BCUT2D eigenvalue weighted by Gasteiger charge is 2.24. The molecule has 0 fully saturated rings. The molecule has 20 heavy (non-hydrogen) atoms. The number of amides is 1. The van der Waals surface area contributed by atoms with Crippen LogP contribution < -0.4 is 4.72 Å². The van der Waals surface area contributed by atoms with Gasteiger partial charge >= 0.3 is 0 Å². The van der Waals surface area contributed by atoms with Crippen molar-refractivity contribution >= 4 is 27.3 Å². The Kier molecular flexibility index (Phi) is 3.87. The van der Waals surface area contributed by atoms with Crippen molar-refractivity contribution in [1.29, 1.82) is 0 Å². The first kappa shape index (κ1) is 14.6. The number of nitrogens with zero attached hydrogens (tertiary/aromatic N) is 2. The zero-order valence-corrected chi connectivity index (χ0v) is 12.8. The maximum atomic E-state index is 12.1. The van der Waals surface area contributed by atoms with Crippen molar-refractivity contribution in [2.75, 3.05) is 0 Å². The lowest BCUT2D eigenvalue weighted by atomic mass is 10.3. The summed E-state index contributed by atoms with van der Waals surface area (Å²) in [6, 6.07) is 4.83. The number of aromatic nitrogens is 2. The summed E-state index contributed by atoms with van der Waals surface area (Å²) >= 11 is 1.03. The smallest absolute Gasteiger partial charge is 0.266 e. The van der Waals surface area contributed by atoms with E-state index < -0.39 is 15.9 Å². The fourth-order valence-electron chi connectivity index (χ4n) is 1.65. The summed E-state index contributed by atoms with van der Waals surface area (Å²) in [6.45, 7) is 5.02. The fourth-order valence-corrected chi connectivity index (χ4v) is 4.10. The van der Waals surface area contributed by atoms with Crippen LogP contribution in [0.5, 0.6) is 0 Å². The maximum Gasteiger partial charge on any atom is 0.283 e. The Bertz CT molecular complexity index is 766. The van der Waals surface area contributed by atoms with Gasteiger partial charge in [-0.3, -0.25) is 4.79 Å². The number of sulfonamides is 1. The minimum Gasteiger partial charge on any atom is -0.266 e. The fraction of sp³-hybridized carbons (Fsp3) is 0.250. The standard InChI is InChI=1S/C12H13N3O3S2/c1-7-5-4-6-10(13-7)11(16)15-20(17,18)12-8(2)14-9(3)19-12/h4-6H,1-3H3,(H,15,16). The lowest BCUT2D eigenvalue weighted by Crippen LogP contribution is -2.31. The van der Waals surface area contributed by atoms with E-state index in [1.165, 1.54) is 6.07 Å². The molecule has 0 aromatic carbocycles. The number of hydrogen-bond acceptors (Lipinski definition) is 6. The Hall–Kier alpha value is -1.80. The first-order valence-electron chi connectivity index (χ1n) is 5.74. The lowest BCUT2D eigenvalue weighted by molar-refractivity contribution is 0.0976. The van der Waals surface area contributed by atoms with E-state index in [1.807, 2.05) is 4.72 Å². The van der Waals surface area contributed by atoms with Crippen LogP contribution >= 0.6 is 11.3 Å². The molecule has 0 saturated carbocycles. The number of aryl methyl sites for hydroxylation is 3. The van der Waals surface area contributed by atoms with Crippen LogP contribution in [0, 0.1) is 20.8 Å². The van der Waals surface area contributed by atoms with Gasteiger partial charge in [-0.1, -0.05) is 6.07 Å². The van der Waals surface area contributed by atoms with E-state index in [0.29, 0.717) is 16.4 Å². The van der Waals surface area contributed by atoms with Gasteiger partial charge in [-0.2, -0.15) is 0 Å². The van der Waals surface area contributed by atoms with Crippen LogP contribution in [-0.2, 0) is 10.0 Å². The van der Waals surface area contributed by atoms with Gasteiger partial charge in [-0.05, 0) is 32.9 Å². The van der Waals surface area contributed by atoms with E-state index in [-0.39, 0.29) is 9.90 Å². The summed E-state index contributed by atoms with van der Waals surface area (Å²) in [7, 11) is -3.91. The molecule has 0 bridgehead atoms. The highest BCUT2D eigenvalue weighted by Crippen LogP contribution is 2.22. The molecule has 0 aliphatic rings. The molecule has 0 saturated heterocycles. The first-order valence-corrected chi connectivity index (χ1v) is 8.04. The summed E-state index contributed by atoms with van der Waals surface area (Å²) < 4.78 is 26.4. The number of thiazole rings is 1. The number of carbonyl (C=O) groups excluding carboxylic acids is 1. The van der Waals surface area contributed by atoms with Crippen molar-refractivity contribution in [2.24, 2.45) is 0 Å². The molecular formula is C12H13N3O3S2. The van der Waals surface area contributed by atoms with Gasteiger partial charge in [0.25, 0.3) is 15.9 Å².